The van der Waals surface area contributed by atoms with E-state index in [1.54, 1.807) is 0 Å². The van der Waals surface area contributed by atoms with Crippen LogP contribution in [0.4, 0.5) is 0 Å². The lowest BCUT2D eigenvalue weighted by atomic mass is 10.1. The van der Waals surface area contributed by atoms with E-state index in [0.717, 1.165) is 30.8 Å². The lowest BCUT2D eigenvalue weighted by molar-refractivity contribution is 0.307. The summed E-state index contributed by atoms with van der Waals surface area (Å²) < 4.78 is 5.84. The average Bonchev–Trinajstić information content (AvgIpc) is 2.55. The molecular formula is C21H24O. The number of hydrogen-bond acceptors (Lipinski definition) is 1. The van der Waals surface area contributed by atoms with Crippen molar-refractivity contribution in [3.63, 3.8) is 0 Å². The highest BCUT2D eigenvalue weighted by Gasteiger charge is 1.99. The fraction of sp³-hybridized carbons (Fsp3) is 0.238. The summed E-state index contributed by atoms with van der Waals surface area (Å²) in [5, 5.41) is 0. The van der Waals surface area contributed by atoms with E-state index in [2.05, 4.69) is 68.5 Å². The summed E-state index contributed by atoms with van der Waals surface area (Å²) in [6.07, 6.45) is 10.6. The molecule has 2 rings (SSSR count). The second kappa shape index (κ2) is 8.89. The van der Waals surface area contributed by atoms with Gasteiger partial charge in [-0.3, -0.25) is 0 Å². The Bertz CT molecular complexity index is 624. The maximum absolute atomic E-state index is 5.84. The van der Waals surface area contributed by atoms with Gasteiger partial charge in [-0.25, -0.2) is 0 Å². The van der Waals surface area contributed by atoms with Crippen molar-refractivity contribution in [3.8, 4) is 5.75 Å². The van der Waals surface area contributed by atoms with Crippen LogP contribution < -0.4 is 4.74 Å². The molecule has 0 saturated heterocycles. The smallest absolute Gasteiger partial charge is 0.122 e. The quantitative estimate of drug-likeness (QED) is 0.456. The van der Waals surface area contributed by atoms with Gasteiger partial charge in [-0.05, 0) is 36.1 Å². The van der Waals surface area contributed by atoms with Gasteiger partial charge in [0.2, 0.25) is 0 Å². The summed E-state index contributed by atoms with van der Waals surface area (Å²) in [7, 11) is 0. The molecule has 1 nitrogen and oxygen atoms in total. The highest BCUT2D eigenvalue weighted by molar-refractivity contribution is 5.58. The van der Waals surface area contributed by atoms with Crippen LogP contribution in [0, 0.1) is 6.92 Å². The van der Waals surface area contributed by atoms with Gasteiger partial charge < -0.3 is 4.74 Å². The third-order valence-electron chi connectivity index (χ3n) is 3.46. The van der Waals surface area contributed by atoms with Crippen LogP contribution in [-0.4, -0.2) is 6.61 Å². The van der Waals surface area contributed by atoms with E-state index in [4.69, 9.17) is 4.74 Å². The minimum atomic E-state index is 0.790. The van der Waals surface area contributed by atoms with Crippen molar-refractivity contribution in [2.24, 2.45) is 0 Å². The molecule has 0 N–H and O–H groups in total. The van der Waals surface area contributed by atoms with Crippen molar-refractivity contribution >= 4 is 12.2 Å². The van der Waals surface area contributed by atoms with E-state index in [1.165, 1.54) is 11.1 Å². The van der Waals surface area contributed by atoms with Crippen molar-refractivity contribution < 1.29 is 4.74 Å². The lowest BCUT2D eigenvalue weighted by Crippen LogP contribution is -1.98. The average molecular weight is 292 g/mol. The molecule has 0 fully saturated rings. The Morgan fingerprint density at radius 1 is 0.909 bits per heavy atom. The molecule has 0 aliphatic heterocycles. The number of aryl methyl sites for hydroxylation is 1. The second-order valence-electron chi connectivity index (χ2n) is 5.36. The number of rotatable bonds is 7. The number of hydrogen-bond donors (Lipinski definition) is 0. The van der Waals surface area contributed by atoms with Crippen molar-refractivity contribution in [1.82, 2.24) is 0 Å². The first-order valence-electron chi connectivity index (χ1n) is 7.93. The van der Waals surface area contributed by atoms with Gasteiger partial charge in [0, 0.05) is 0 Å². The van der Waals surface area contributed by atoms with Gasteiger partial charge >= 0.3 is 0 Å². The molecule has 114 valence electrons. The first-order chi connectivity index (χ1) is 10.8. The number of allylic oxidation sites excluding steroid dienone is 2. The predicted molar refractivity (Wildman–Crippen MR) is 96.1 cm³/mol. The molecule has 0 unspecified atom stereocenters. The van der Waals surface area contributed by atoms with Crippen LogP contribution in [0.1, 0.15) is 36.5 Å². The molecule has 0 spiro atoms. The predicted octanol–water partition coefficient (Wildman–Crippen LogP) is 5.90. The maximum Gasteiger partial charge on any atom is 0.122 e. The van der Waals surface area contributed by atoms with Gasteiger partial charge in [-0.2, -0.15) is 0 Å². The van der Waals surface area contributed by atoms with Crippen molar-refractivity contribution in [1.29, 1.82) is 0 Å². The van der Waals surface area contributed by atoms with Gasteiger partial charge in [-0.1, -0.05) is 80.1 Å². The molecule has 0 heterocycles. The van der Waals surface area contributed by atoms with Crippen LogP contribution in [0.3, 0.4) is 0 Å². The van der Waals surface area contributed by atoms with Crippen LogP contribution in [0.5, 0.6) is 5.75 Å². The zero-order valence-corrected chi connectivity index (χ0v) is 13.5. The lowest BCUT2D eigenvalue weighted by Gasteiger charge is -2.09. The first-order valence-corrected chi connectivity index (χ1v) is 7.93. The standard InChI is InChI=1S/C21H24O/c1-3-4-16-22-21-17-20(15-14-18(21)2)13-9-8-12-19-10-6-5-7-11-19/h5-15,17H,3-4,16H2,1-2H3/b12-8+,13-9+. The zero-order valence-electron chi connectivity index (χ0n) is 13.5. The van der Waals surface area contributed by atoms with Gasteiger partial charge in [0.05, 0.1) is 6.61 Å². The molecule has 0 bridgehead atoms. The molecule has 2 aromatic rings. The summed E-state index contributed by atoms with van der Waals surface area (Å²) in [6, 6.07) is 16.6. The summed E-state index contributed by atoms with van der Waals surface area (Å²) >= 11 is 0. The van der Waals surface area contributed by atoms with Gasteiger partial charge in [0.1, 0.15) is 5.75 Å². The first kappa shape index (κ1) is 16.1. The van der Waals surface area contributed by atoms with Crippen LogP contribution in [0.15, 0.2) is 60.7 Å². The van der Waals surface area contributed by atoms with Gasteiger partial charge in [-0.15, -0.1) is 0 Å². The Morgan fingerprint density at radius 2 is 1.64 bits per heavy atom. The Labute approximate surface area is 134 Å². The summed E-state index contributed by atoms with van der Waals surface area (Å²) in [5.74, 6) is 0.989. The number of unbranched alkanes of at least 4 members (excludes halogenated alkanes) is 1. The van der Waals surface area contributed by atoms with Crippen molar-refractivity contribution in [2.75, 3.05) is 6.61 Å². The van der Waals surface area contributed by atoms with Crippen molar-refractivity contribution in [2.45, 2.75) is 26.7 Å². The fourth-order valence-electron chi connectivity index (χ4n) is 2.10. The van der Waals surface area contributed by atoms with Gasteiger partial charge in [0.15, 0.2) is 0 Å². The highest BCUT2D eigenvalue weighted by atomic mass is 16.5. The van der Waals surface area contributed by atoms with Crippen molar-refractivity contribution in [3.05, 3.63) is 77.4 Å². The molecule has 1 heteroatoms. The molecule has 0 aromatic heterocycles. The van der Waals surface area contributed by atoms with E-state index >= 15 is 0 Å². The number of ether oxygens (including phenoxy) is 1. The Kier molecular flexibility index (Phi) is 6.50. The minimum Gasteiger partial charge on any atom is -0.493 e. The van der Waals surface area contributed by atoms with E-state index in [1.807, 2.05) is 18.2 Å². The number of benzene rings is 2. The summed E-state index contributed by atoms with van der Waals surface area (Å²) in [5.41, 5.74) is 3.56. The Balaban J connectivity index is 1.98. The molecule has 0 aliphatic carbocycles. The third-order valence-corrected chi connectivity index (χ3v) is 3.46. The second-order valence-corrected chi connectivity index (χ2v) is 5.36. The minimum absolute atomic E-state index is 0.790. The zero-order chi connectivity index (χ0) is 15.6. The Hall–Kier alpha value is -2.28. The SMILES string of the molecule is CCCCOc1cc(/C=C/C=C/c2ccccc2)ccc1C. The van der Waals surface area contributed by atoms with Crippen LogP contribution in [0.2, 0.25) is 0 Å². The maximum atomic E-state index is 5.84. The van der Waals surface area contributed by atoms with E-state index in [9.17, 15) is 0 Å². The van der Waals surface area contributed by atoms with E-state index < -0.39 is 0 Å². The van der Waals surface area contributed by atoms with Crippen LogP contribution in [0.25, 0.3) is 12.2 Å². The van der Waals surface area contributed by atoms with Crippen LogP contribution in [-0.2, 0) is 0 Å². The molecule has 0 radical (unpaired) electrons. The van der Waals surface area contributed by atoms with E-state index in [-0.39, 0.29) is 0 Å². The third kappa shape index (κ3) is 5.25. The van der Waals surface area contributed by atoms with E-state index in [0.29, 0.717) is 0 Å². The molecule has 0 aliphatic rings. The van der Waals surface area contributed by atoms with Crippen LogP contribution >= 0.6 is 0 Å². The summed E-state index contributed by atoms with van der Waals surface area (Å²) in [4.78, 5) is 0. The highest BCUT2D eigenvalue weighted by Crippen LogP contribution is 2.20. The molecule has 0 atom stereocenters. The monoisotopic (exact) mass is 292 g/mol. The summed E-state index contributed by atoms with van der Waals surface area (Å²) in [6.45, 7) is 5.05. The largest absolute Gasteiger partial charge is 0.493 e. The molecule has 0 amide bonds. The molecular weight excluding hydrogens is 268 g/mol. The fourth-order valence-corrected chi connectivity index (χ4v) is 2.10. The molecule has 2 aromatic carbocycles. The Morgan fingerprint density at radius 3 is 2.36 bits per heavy atom. The van der Waals surface area contributed by atoms with Gasteiger partial charge in [0.25, 0.3) is 0 Å². The molecule has 22 heavy (non-hydrogen) atoms. The molecule has 0 saturated carbocycles. The normalized spacial score (nSPS) is 11.4. The topological polar surface area (TPSA) is 9.23 Å².